The minimum atomic E-state index is -0.825. The second kappa shape index (κ2) is 4.68. The van der Waals surface area contributed by atoms with Gasteiger partial charge in [-0.05, 0) is 24.1 Å². The van der Waals surface area contributed by atoms with Crippen molar-refractivity contribution in [3.05, 3.63) is 53.7 Å². The second-order valence-corrected chi connectivity index (χ2v) is 7.31. The lowest BCUT2D eigenvalue weighted by molar-refractivity contribution is 0.146. The van der Waals surface area contributed by atoms with Crippen LogP contribution in [0.25, 0.3) is 0 Å². The van der Waals surface area contributed by atoms with Gasteiger partial charge in [-0.1, -0.05) is 18.2 Å². The van der Waals surface area contributed by atoms with Crippen molar-refractivity contribution in [3.63, 3.8) is 0 Å². The van der Waals surface area contributed by atoms with Crippen LogP contribution in [0.4, 0.5) is 5.69 Å². The third-order valence-corrected chi connectivity index (χ3v) is 5.41. The van der Waals surface area contributed by atoms with Gasteiger partial charge in [-0.2, -0.15) is 5.12 Å². The van der Waals surface area contributed by atoms with Crippen molar-refractivity contribution in [3.8, 4) is 0 Å². The highest BCUT2D eigenvalue weighted by Crippen LogP contribution is 2.46. The Morgan fingerprint density at radius 2 is 2.08 bits per heavy atom. The summed E-state index contributed by atoms with van der Waals surface area (Å²) in [5.41, 5.74) is 1.95. The first-order chi connectivity index (χ1) is 12.6. The van der Waals surface area contributed by atoms with Gasteiger partial charge in [0, 0.05) is 17.3 Å². The Labute approximate surface area is 154 Å². The number of rotatable bonds is 2. The molecule has 26 heavy (non-hydrogen) atoms. The van der Waals surface area contributed by atoms with E-state index in [0.717, 1.165) is 29.9 Å². The summed E-state index contributed by atoms with van der Waals surface area (Å²) in [6.07, 6.45) is 6.59. The second-order valence-electron chi connectivity index (χ2n) is 6.87. The topological polar surface area (TPSA) is 76.3 Å². The van der Waals surface area contributed by atoms with E-state index in [1.165, 1.54) is 0 Å². The van der Waals surface area contributed by atoms with Crippen LogP contribution in [0.3, 0.4) is 0 Å². The van der Waals surface area contributed by atoms with Crippen molar-refractivity contribution in [2.24, 2.45) is 4.99 Å². The van der Waals surface area contributed by atoms with Crippen LogP contribution in [-0.2, 0) is 5.60 Å². The summed E-state index contributed by atoms with van der Waals surface area (Å²) in [6.45, 7) is 0.549. The maximum absolute atomic E-state index is 10.3. The van der Waals surface area contributed by atoms with E-state index in [1.807, 2.05) is 23.3 Å². The quantitative estimate of drug-likeness (QED) is 0.796. The van der Waals surface area contributed by atoms with Crippen molar-refractivity contribution in [2.75, 3.05) is 16.7 Å². The van der Waals surface area contributed by atoms with Gasteiger partial charge in [0.05, 0.1) is 18.1 Å². The molecule has 0 spiro atoms. The number of hydrogen-bond acceptors (Lipinski definition) is 8. The molecule has 132 valence electrons. The van der Waals surface area contributed by atoms with Crippen LogP contribution in [-0.4, -0.2) is 42.6 Å². The number of hydrogen-bond donors (Lipinski definition) is 1. The molecule has 0 amide bonds. The molecule has 9 nitrogen and oxygen atoms in total. The molecule has 1 aromatic heterocycles. The van der Waals surface area contributed by atoms with Crippen LogP contribution in [0.2, 0.25) is 0 Å². The van der Waals surface area contributed by atoms with Gasteiger partial charge in [-0.15, -0.1) is 9.89 Å². The Kier molecular flexibility index (Phi) is 2.59. The average molecular weight is 371 g/mol. The predicted molar refractivity (Wildman–Crippen MR) is 94.0 cm³/mol. The highest BCUT2D eigenvalue weighted by Gasteiger charge is 2.47. The van der Waals surface area contributed by atoms with Gasteiger partial charge in [0.1, 0.15) is 24.3 Å². The Morgan fingerprint density at radius 3 is 2.92 bits per heavy atom. The lowest BCUT2D eigenvalue weighted by Gasteiger charge is -2.41. The highest BCUT2D eigenvalue weighted by molar-refractivity contribution is 6.14. The fourth-order valence-corrected chi connectivity index (χ4v) is 3.86. The van der Waals surface area contributed by atoms with Crippen molar-refractivity contribution >= 4 is 23.8 Å². The zero-order valence-electron chi connectivity index (χ0n) is 13.6. The van der Waals surface area contributed by atoms with E-state index in [-0.39, 0.29) is 6.17 Å². The van der Waals surface area contributed by atoms with Crippen LogP contribution in [0.15, 0.2) is 47.5 Å². The van der Waals surface area contributed by atoms with Crippen LogP contribution in [0.1, 0.15) is 30.3 Å². The zero-order valence-corrected chi connectivity index (χ0v) is 14.4. The SMILES string of the molecule is OC1(c2cn(N3C=NC4c5ccccc5N5CN(Cl)C=C5N43)nn2)CC1. The van der Waals surface area contributed by atoms with Gasteiger partial charge in [-0.25, -0.2) is 10.0 Å². The fraction of sp³-hybridized carbons (Fsp3) is 0.312. The third-order valence-electron chi connectivity index (χ3n) is 5.20. The van der Waals surface area contributed by atoms with Gasteiger partial charge < -0.3 is 10.0 Å². The molecule has 1 saturated carbocycles. The molecule has 4 aliphatic rings. The Balaban J connectivity index is 1.44. The number of aliphatic imine (C=N–C) groups is 1. The predicted octanol–water partition coefficient (Wildman–Crippen LogP) is 1.20. The Morgan fingerprint density at radius 1 is 1.23 bits per heavy atom. The summed E-state index contributed by atoms with van der Waals surface area (Å²) in [5.74, 6) is 0.906. The number of fused-ring (bicyclic) bond motifs is 6. The largest absolute Gasteiger partial charge is 0.383 e. The minimum absolute atomic E-state index is 0.200. The third kappa shape index (κ3) is 1.81. The normalized spacial score (nSPS) is 24.5. The summed E-state index contributed by atoms with van der Waals surface area (Å²) in [5, 5.41) is 22.4. The molecule has 0 bridgehead atoms. The minimum Gasteiger partial charge on any atom is -0.383 e. The molecule has 3 aliphatic heterocycles. The Bertz CT molecular complexity index is 967. The molecule has 1 unspecified atom stereocenters. The van der Waals surface area contributed by atoms with Crippen molar-refractivity contribution in [2.45, 2.75) is 24.6 Å². The van der Waals surface area contributed by atoms with Crippen LogP contribution in [0, 0.1) is 0 Å². The molecule has 2 aromatic rings. The van der Waals surface area contributed by atoms with E-state index in [0.29, 0.717) is 12.4 Å². The van der Waals surface area contributed by atoms with E-state index in [1.54, 1.807) is 26.9 Å². The molecule has 1 N–H and O–H groups in total. The first kappa shape index (κ1) is 14.4. The molecule has 10 heteroatoms. The lowest BCUT2D eigenvalue weighted by Crippen LogP contribution is -2.51. The average Bonchev–Trinajstić information content (AvgIpc) is 3.05. The molecule has 1 fully saturated rings. The fourth-order valence-electron chi connectivity index (χ4n) is 3.67. The van der Waals surface area contributed by atoms with E-state index in [4.69, 9.17) is 11.8 Å². The van der Waals surface area contributed by atoms with E-state index >= 15 is 0 Å². The van der Waals surface area contributed by atoms with Crippen molar-refractivity contribution in [1.82, 2.24) is 24.5 Å². The highest BCUT2D eigenvalue weighted by atomic mass is 35.5. The summed E-state index contributed by atoms with van der Waals surface area (Å²) in [7, 11) is 0. The standard InChI is InChI=1S/C16H15ClN8O/c17-21-8-14-22(10-21)12-4-2-1-3-11(12)15-18-9-24(25(14)15)23-7-13(19-20-23)16(26)5-6-16/h1-4,7-9,15,26H,5-6,10H2. The van der Waals surface area contributed by atoms with Gasteiger partial charge in [0.25, 0.3) is 0 Å². The number of halogens is 1. The lowest BCUT2D eigenvalue weighted by atomic mass is 10.1. The molecule has 1 atom stereocenters. The van der Waals surface area contributed by atoms with Crippen molar-refractivity contribution < 1.29 is 5.11 Å². The molecule has 1 aliphatic carbocycles. The molecule has 6 rings (SSSR count). The van der Waals surface area contributed by atoms with E-state index in [2.05, 4.69) is 32.3 Å². The van der Waals surface area contributed by atoms with Gasteiger partial charge in [-0.3, -0.25) is 4.42 Å². The molecule has 1 aromatic carbocycles. The summed E-state index contributed by atoms with van der Waals surface area (Å²) < 4.78 is 1.62. The summed E-state index contributed by atoms with van der Waals surface area (Å²) in [4.78, 5) is 8.40. The van der Waals surface area contributed by atoms with Gasteiger partial charge in [0.2, 0.25) is 0 Å². The molecule has 0 radical (unpaired) electrons. The number of aromatic nitrogens is 3. The van der Waals surface area contributed by atoms with Gasteiger partial charge >= 0.3 is 0 Å². The molecule has 0 saturated heterocycles. The molecular weight excluding hydrogens is 356 g/mol. The first-order valence-electron chi connectivity index (χ1n) is 8.42. The Hall–Kier alpha value is -2.78. The molecular formula is C16H15ClN8O. The summed E-state index contributed by atoms with van der Waals surface area (Å²) in [6, 6.07) is 8.17. The van der Waals surface area contributed by atoms with E-state index < -0.39 is 5.60 Å². The van der Waals surface area contributed by atoms with Gasteiger partial charge in [0.15, 0.2) is 12.0 Å². The maximum Gasteiger partial charge on any atom is 0.173 e. The van der Waals surface area contributed by atoms with Crippen LogP contribution < -0.4 is 10.0 Å². The first-order valence-corrected chi connectivity index (χ1v) is 8.76. The summed E-state index contributed by atoms with van der Waals surface area (Å²) >= 11 is 6.27. The number of hydrazine groups is 1. The number of aliphatic hydroxyl groups is 1. The van der Waals surface area contributed by atoms with Crippen molar-refractivity contribution in [1.29, 1.82) is 0 Å². The zero-order chi connectivity index (χ0) is 17.5. The van der Waals surface area contributed by atoms with E-state index in [9.17, 15) is 5.11 Å². The number of nitrogens with zero attached hydrogens (tertiary/aromatic N) is 8. The number of benzene rings is 1. The number of para-hydroxylation sites is 1. The smallest absolute Gasteiger partial charge is 0.173 e. The molecule has 4 heterocycles. The van der Waals surface area contributed by atoms with Crippen LogP contribution >= 0.6 is 11.8 Å². The maximum atomic E-state index is 10.3. The number of anilines is 1. The van der Waals surface area contributed by atoms with Crippen LogP contribution in [0.5, 0.6) is 0 Å². The monoisotopic (exact) mass is 370 g/mol.